The molecule has 0 aliphatic carbocycles. The van der Waals surface area contributed by atoms with Crippen LogP contribution in [0.3, 0.4) is 0 Å². The van der Waals surface area contributed by atoms with Crippen molar-refractivity contribution in [2.24, 2.45) is 10.9 Å². The van der Waals surface area contributed by atoms with Gasteiger partial charge >= 0.3 is 0 Å². The SMILES string of the molecule is CN=C(NCCc1cccc(C(=O)N(C)C)c1)NCC1CCCN(C)C1c1cccs1. The minimum absolute atomic E-state index is 0.0324. The highest BCUT2D eigenvalue weighted by Crippen LogP contribution is 2.36. The van der Waals surface area contributed by atoms with Gasteiger partial charge in [-0.2, -0.15) is 0 Å². The molecule has 0 bridgehead atoms. The van der Waals surface area contributed by atoms with Crippen LogP contribution in [0.2, 0.25) is 0 Å². The van der Waals surface area contributed by atoms with E-state index in [0.717, 1.165) is 43.1 Å². The van der Waals surface area contributed by atoms with E-state index in [2.05, 4.69) is 51.2 Å². The molecule has 1 fully saturated rings. The van der Waals surface area contributed by atoms with E-state index >= 15 is 0 Å². The van der Waals surface area contributed by atoms with Crippen molar-refractivity contribution in [3.8, 4) is 0 Å². The van der Waals surface area contributed by atoms with Crippen molar-refractivity contribution in [3.63, 3.8) is 0 Å². The summed E-state index contributed by atoms with van der Waals surface area (Å²) in [6.45, 7) is 2.82. The van der Waals surface area contributed by atoms with Gasteiger partial charge in [0.2, 0.25) is 0 Å². The molecule has 7 heteroatoms. The Kier molecular flexibility index (Phi) is 8.49. The van der Waals surface area contributed by atoms with Gasteiger partial charge in [-0.3, -0.25) is 14.7 Å². The van der Waals surface area contributed by atoms with Crippen LogP contribution in [-0.4, -0.2) is 69.5 Å². The fourth-order valence-electron chi connectivity index (χ4n) is 4.27. The maximum Gasteiger partial charge on any atom is 0.253 e. The summed E-state index contributed by atoms with van der Waals surface area (Å²) >= 11 is 1.85. The highest BCUT2D eigenvalue weighted by Gasteiger charge is 2.31. The van der Waals surface area contributed by atoms with E-state index in [1.165, 1.54) is 17.7 Å². The van der Waals surface area contributed by atoms with E-state index in [9.17, 15) is 4.79 Å². The molecular weight excluding hydrogens is 406 g/mol. The van der Waals surface area contributed by atoms with Crippen molar-refractivity contribution in [2.45, 2.75) is 25.3 Å². The number of carbonyl (C=O) groups excluding carboxylic acids is 1. The molecule has 1 saturated heterocycles. The molecule has 168 valence electrons. The standard InChI is InChI=1S/C24H35N5OS/c1-25-24(26-13-12-18-8-5-9-19(16-18)23(30)28(2)3)27-17-20-10-6-14-29(4)22(20)21-11-7-15-31-21/h5,7-9,11,15-16,20,22H,6,10,12-14,17H2,1-4H3,(H2,25,26,27). The normalized spacial score (nSPS) is 19.8. The lowest BCUT2D eigenvalue weighted by Crippen LogP contribution is -2.45. The van der Waals surface area contributed by atoms with Crippen LogP contribution in [-0.2, 0) is 6.42 Å². The Labute approximate surface area is 190 Å². The van der Waals surface area contributed by atoms with Gasteiger partial charge in [-0.15, -0.1) is 11.3 Å². The number of hydrogen-bond donors (Lipinski definition) is 2. The molecule has 1 aliphatic heterocycles. The van der Waals surface area contributed by atoms with Crippen LogP contribution in [0.25, 0.3) is 0 Å². The van der Waals surface area contributed by atoms with Gasteiger partial charge in [0, 0.05) is 50.7 Å². The summed E-state index contributed by atoms with van der Waals surface area (Å²) in [7, 11) is 7.60. The molecule has 1 aromatic heterocycles. The summed E-state index contributed by atoms with van der Waals surface area (Å²) in [4.78, 5) is 22.1. The van der Waals surface area contributed by atoms with Crippen LogP contribution in [0, 0.1) is 5.92 Å². The first-order chi connectivity index (χ1) is 15.0. The van der Waals surface area contributed by atoms with E-state index in [-0.39, 0.29) is 5.91 Å². The van der Waals surface area contributed by atoms with Gasteiger partial charge in [-0.1, -0.05) is 18.2 Å². The Bertz CT molecular complexity index is 865. The number of likely N-dealkylation sites (tertiary alicyclic amines) is 1. The van der Waals surface area contributed by atoms with Gasteiger partial charge in [0.25, 0.3) is 5.91 Å². The molecule has 31 heavy (non-hydrogen) atoms. The number of guanidine groups is 1. The molecule has 0 saturated carbocycles. The van der Waals surface area contributed by atoms with Gasteiger partial charge in [0.05, 0.1) is 0 Å². The Morgan fingerprint density at radius 3 is 2.81 bits per heavy atom. The van der Waals surface area contributed by atoms with Crippen molar-refractivity contribution in [1.29, 1.82) is 0 Å². The average molecular weight is 442 g/mol. The summed E-state index contributed by atoms with van der Waals surface area (Å²) in [5, 5.41) is 9.13. The third-order valence-corrected chi connectivity index (χ3v) is 6.83. The third-order valence-electron chi connectivity index (χ3n) is 5.88. The van der Waals surface area contributed by atoms with E-state index in [1.54, 1.807) is 19.0 Å². The minimum atomic E-state index is 0.0324. The second kappa shape index (κ2) is 11.3. The molecule has 2 aromatic rings. The number of thiophene rings is 1. The molecule has 1 aliphatic rings. The number of hydrogen-bond acceptors (Lipinski definition) is 4. The largest absolute Gasteiger partial charge is 0.356 e. The summed E-state index contributed by atoms with van der Waals surface area (Å²) < 4.78 is 0. The molecular formula is C24H35N5OS. The smallest absolute Gasteiger partial charge is 0.253 e. The van der Waals surface area contributed by atoms with Crippen LogP contribution >= 0.6 is 11.3 Å². The van der Waals surface area contributed by atoms with Crippen molar-refractivity contribution >= 4 is 23.2 Å². The molecule has 2 unspecified atom stereocenters. The van der Waals surface area contributed by atoms with E-state index in [0.29, 0.717) is 12.0 Å². The van der Waals surface area contributed by atoms with Crippen LogP contribution in [0.5, 0.6) is 0 Å². The first-order valence-electron chi connectivity index (χ1n) is 11.0. The predicted molar refractivity (Wildman–Crippen MR) is 130 cm³/mol. The second-order valence-corrected chi connectivity index (χ2v) is 9.35. The van der Waals surface area contributed by atoms with Crippen LogP contribution in [0.4, 0.5) is 0 Å². The number of piperidine rings is 1. The maximum atomic E-state index is 12.2. The molecule has 2 heterocycles. The van der Waals surface area contributed by atoms with Crippen LogP contribution in [0.15, 0.2) is 46.8 Å². The zero-order valence-electron chi connectivity index (χ0n) is 19.1. The van der Waals surface area contributed by atoms with Gasteiger partial charge in [-0.25, -0.2) is 0 Å². The van der Waals surface area contributed by atoms with Gasteiger partial charge in [0.15, 0.2) is 5.96 Å². The molecule has 0 spiro atoms. The number of amides is 1. The monoisotopic (exact) mass is 441 g/mol. The lowest BCUT2D eigenvalue weighted by atomic mass is 9.88. The van der Waals surface area contributed by atoms with Gasteiger partial charge in [-0.05, 0) is 67.9 Å². The first kappa shape index (κ1) is 23.3. The molecule has 0 radical (unpaired) electrons. The van der Waals surface area contributed by atoms with Crippen molar-refractivity contribution in [3.05, 3.63) is 57.8 Å². The second-order valence-electron chi connectivity index (χ2n) is 8.37. The summed E-state index contributed by atoms with van der Waals surface area (Å²) in [6.07, 6.45) is 3.29. The summed E-state index contributed by atoms with van der Waals surface area (Å²) in [5.41, 5.74) is 1.87. The molecule has 2 N–H and O–H groups in total. The number of aliphatic imine (C=N–C) groups is 1. The highest BCUT2D eigenvalue weighted by atomic mass is 32.1. The Hall–Kier alpha value is -2.38. The Morgan fingerprint density at radius 1 is 1.26 bits per heavy atom. The third kappa shape index (κ3) is 6.31. The number of benzene rings is 1. The molecule has 1 aromatic carbocycles. The van der Waals surface area contributed by atoms with E-state index < -0.39 is 0 Å². The quantitative estimate of drug-likeness (QED) is 0.512. The lowest BCUT2D eigenvalue weighted by molar-refractivity contribution is 0.0827. The van der Waals surface area contributed by atoms with Crippen LogP contribution < -0.4 is 10.6 Å². The van der Waals surface area contributed by atoms with Crippen molar-refractivity contribution < 1.29 is 4.79 Å². The Morgan fingerprint density at radius 2 is 2.10 bits per heavy atom. The average Bonchev–Trinajstić information content (AvgIpc) is 3.30. The first-order valence-corrected chi connectivity index (χ1v) is 11.9. The number of nitrogens with zero attached hydrogens (tertiary/aromatic N) is 3. The number of nitrogens with one attached hydrogen (secondary N) is 2. The summed E-state index contributed by atoms with van der Waals surface area (Å²) in [6, 6.07) is 12.7. The molecule has 3 rings (SSSR count). The maximum absolute atomic E-state index is 12.2. The topological polar surface area (TPSA) is 60.0 Å². The van der Waals surface area contributed by atoms with Crippen molar-refractivity contribution in [1.82, 2.24) is 20.4 Å². The van der Waals surface area contributed by atoms with E-state index in [1.807, 2.05) is 36.6 Å². The Balaban J connectivity index is 1.51. The van der Waals surface area contributed by atoms with E-state index in [4.69, 9.17) is 0 Å². The molecule has 2 atom stereocenters. The fourth-order valence-corrected chi connectivity index (χ4v) is 5.26. The van der Waals surface area contributed by atoms with Gasteiger partial charge < -0.3 is 15.5 Å². The van der Waals surface area contributed by atoms with Crippen molar-refractivity contribution in [2.75, 3.05) is 47.8 Å². The van der Waals surface area contributed by atoms with Crippen LogP contribution in [0.1, 0.15) is 39.7 Å². The molecule has 1 amide bonds. The number of rotatable bonds is 7. The summed E-state index contributed by atoms with van der Waals surface area (Å²) in [5.74, 6) is 1.42. The zero-order valence-corrected chi connectivity index (χ0v) is 19.9. The minimum Gasteiger partial charge on any atom is -0.356 e. The predicted octanol–water partition coefficient (Wildman–Crippen LogP) is 3.24. The molecule has 6 nitrogen and oxygen atoms in total. The number of carbonyl (C=O) groups is 1. The van der Waals surface area contributed by atoms with Gasteiger partial charge in [0.1, 0.15) is 0 Å². The lowest BCUT2D eigenvalue weighted by Gasteiger charge is -2.39. The zero-order chi connectivity index (χ0) is 22.2. The highest BCUT2D eigenvalue weighted by molar-refractivity contribution is 7.10. The fraction of sp³-hybridized carbons (Fsp3) is 0.500.